The van der Waals surface area contributed by atoms with Gasteiger partial charge < -0.3 is 11.1 Å². The van der Waals surface area contributed by atoms with E-state index >= 15 is 0 Å². The van der Waals surface area contributed by atoms with E-state index in [-0.39, 0.29) is 15.7 Å². The van der Waals surface area contributed by atoms with Gasteiger partial charge in [0.25, 0.3) is 0 Å². The second kappa shape index (κ2) is 7.74. The van der Waals surface area contributed by atoms with Crippen molar-refractivity contribution in [2.45, 2.75) is 87.5 Å². The van der Waals surface area contributed by atoms with E-state index in [0.717, 1.165) is 18.0 Å². The van der Waals surface area contributed by atoms with Crippen molar-refractivity contribution in [3.8, 4) is 0 Å². The van der Waals surface area contributed by atoms with E-state index in [2.05, 4.69) is 42.6 Å². The van der Waals surface area contributed by atoms with E-state index < -0.39 is 0 Å². The minimum absolute atomic E-state index is 0.0308. The van der Waals surface area contributed by atoms with Crippen LogP contribution in [0.2, 0.25) is 0 Å². The predicted octanol–water partition coefficient (Wildman–Crippen LogP) is 5.96. The van der Waals surface area contributed by atoms with E-state index in [1.54, 1.807) is 0 Å². The van der Waals surface area contributed by atoms with Crippen molar-refractivity contribution >= 4 is 28.8 Å². The number of nitrogens with one attached hydrogen (secondary N) is 1. The molecule has 1 aromatic carbocycles. The summed E-state index contributed by atoms with van der Waals surface area (Å²) in [7, 11) is 0. The van der Waals surface area contributed by atoms with Crippen LogP contribution in [0.4, 0.5) is 0 Å². The number of nitrogens with two attached hydrogens (primary N) is 1. The average molecular weight is 445 g/mol. The third kappa shape index (κ3) is 3.26. The van der Waals surface area contributed by atoms with Gasteiger partial charge in [0.05, 0.1) is 9.86 Å². The van der Waals surface area contributed by atoms with Crippen molar-refractivity contribution < 1.29 is 0 Å². The lowest BCUT2D eigenvalue weighted by Crippen LogP contribution is -2.66. The molecule has 30 heavy (non-hydrogen) atoms. The molecule has 2 atom stereocenters. The zero-order chi connectivity index (χ0) is 21.0. The Hall–Kier alpha value is -0.640. The summed E-state index contributed by atoms with van der Waals surface area (Å²) in [5.41, 5.74) is 7.81. The maximum absolute atomic E-state index is 7.38. The van der Waals surface area contributed by atoms with Gasteiger partial charge in [-0.15, -0.1) is 11.6 Å². The fourth-order valence-electron chi connectivity index (χ4n) is 8.00. The van der Waals surface area contributed by atoms with Crippen LogP contribution in [-0.2, 0) is 5.41 Å². The van der Waals surface area contributed by atoms with Gasteiger partial charge in [0, 0.05) is 11.5 Å². The molecule has 4 heteroatoms. The molecule has 2 unspecified atom stereocenters. The molecule has 0 heterocycles. The Morgan fingerprint density at radius 1 is 1.07 bits per heavy atom. The van der Waals surface area contributed by atoms with Gasteiger partial charge in [-0.2, -0.15) is 0 Å². The number of thiocarbonyl (C=S) groups is 1. The van der Waals surface area contributed by atoms with Gasteiger partial charge in [0.1, 0.15) is 0 Å². The Labute approximate surface area is 192 Å². The van der Waals surface area contributed by atoms with Crippen LogP contribution in [0.5, 0.6) is 0 Å². The minimum Gasteiger partial charge on any atom is -0.376 e. The van der Waals surface area contributed by atoms with Crippen molar-refractivity contribution in [1.29, 1.82) is 0 Å². The van der Waals surface area contributed by atoms with E-state index in [1.165, 1.54) is 63.4 Å². The van der Waals surface area contributed by atoms with Crippen LogP contribution in [0, 0.1) is 23.2 Å². The summed E-state index contributed by atoms with van der Waals surface area (Å²) in [6, 6.07) is 11.8. The normalized spacial score (nSPS) is 44.8. The lowest BCUT2D eigenvalue weighted by molar-refractivity contribution is -0.0687. The maximum atomic E-state index is 7.38. The van der Waals surface area contributed by atoms with E-state index in [4.69, 9.17) is 29.6 Å². The van der Waals surface area contributed by atoms with Gasteiger partial charge in [-0.3, -0.25) is 0 Å². The molecular weight excluding hydrogens is 408 g/mol. The van der Waals surface area contributed by atoms with Crippen LogP contribution < -0.4 is 11.1 Å². The van der Waals surface area contributed by atoms with Gasteiger partial charge in [0.15, 0.2) is 0 Å². The summed E-state index contributed by atoms with van der Waals surface area (Å²) >= 11 is 13.6. The van der Waals surface area contributed by atoms with Crippen molar-refractivity contribution in [2.24, 2.45) is 28.9 Å². The van der Waals surface area contributed by atoms with Crippen molar-refractivity contribution in [2.75, 3.05) is 6.54 Å². The van der Waals surface area contributed by atoms with Crippen LogP contribution in [0.25, 0.3) is 0 Å². The van der Waals surface area contributed by atoms with Crippen LogP contribution in [0.15, 0.2) is 30.3 Å². The number of rotatable bonds is 5. The fourth-order valence-corrected chi connectivity index (χ4v) is 8.71. The van der Waals surface area contributed by atoms with Crippen LogP contribution in [-0.4, -0.2) is 22.4 Å². The number of hydrogen-bond acceptors (Lipinski definition) is 2. The van der Waals surface area contributed by atoms with Gasteiger partial charge in [-0.25, -0.2) is 0 Å². The summed E-state index contributed by atoms with van der Waals surface area (Å²) in [6.45, 7) is 3.13. The zero-order valence-corrected chi connectivity index (χ0v) is 19.9. The first kappa shape index (κ1) is 21.2. The molecule has 0 aliphatic heterocycles. The quantitative estimate of drug-likeness (QED) is 0.434. The highest BCUT2D eigenvalue weighted by atomic mass is 35.5. The Kier molecular flexibility index (Phi) is 5.48. The molecular formula is C26H37ClN2S. The first-order chi connectivity index (χ1) is 14.4. The lowest BCUT2D eigenvalue weighted by Gasteiger charge is -2.68. The molecule has 1 aromatic rings. The standard InChI is InChI=1S/C26H37ClN2S/c1-2-26(27)20-12-24(19-6-4-3-5-7-19)13-21(26)15-25(14-20,17-24)23(30)29-22-10-8-18(16-28)9-11-22/h3-7,18,20-22H,2,8-17,28H2,1H3,(H,29,30)/t18-,20?,21?,22-,24?,25?,26?. The van der Waals surface area contributed by atoms with Gasteiger partial charge in [-0.05, 0) is 99.5 Å². The van der Waals surface area contributed by atoms with Crippen molar-refractivity contribution in [3.05, 3.63) is 35.9 Å². The summed E-state index contributed by atoms with van der Waals surface area (Å²) in [4.78, 5) is 1.13. The minimum atomic E-state index is -0.0308. The fraction of sp³-hybridized carbons (Fsp3) is 0.731. The predicted molar refractivity (Wildman–Crippen MR) is 130 cm³/mol. The van der Waals surface area contributed by atoms with E-state index in [9.17, 15) is 0 Å². The van der Waals surface area contributed by atoms with Gasteiger partial charge in [-0.1, -0.05) is 49.5 Å². The van der Waals surface area contributed by atoms with Crippen LogP contribution in [0.3, 0.4) is 0 Å². The molecule has 4 bridgehead atoms. The molecule has 0 amide bonds. The Morgan fingerprint density at radius 2 is 1.70 bits per heavy atom. The van der Waals surface area contributed by atoms with Crippen LogP contribution in [0.1, 0.15) is 76.7 Å². The highest BCUT2D eigenvalue weighted by Crippen LogP contribution is 2.71. The second-order valence-corrected chi connectivity index (χ2v) is 12.1. The summed E-state index contributed by atoms with van der Waals surface area (Å²) in [5, 5.41) is 3.88. The molecule has 0 spiro atoms. The highest BCUT2D eigenvalue weighted by molar-refractivity contribution is 7.80. The Balaban J connectivity index is 1.42. The molecule has 3 N–H and O–H groups in total. The van der Waals surface area contributed by atoms with E-state index in [1.807, 2.05) is 0 Å². The first-order valence-electron chi connectivity index (χ1n) is 12.2. The smallest absolute Gasteiger partial charge is 0.0818 e. The van der Waals surface area contributed by atoms with Crippen molar-refractivity contribution in [1.82, 2.24) is 5.32 Å². The molecule has 6 rings (SSSR count). The number of alkyl halides is 1. The van der Waals surface area contributed by atoms with Crippen LogP contribution >= 0.6 is 23.8 Å². The first-order valence-corrected chi connectivity index (χ1v) is 13.0. The van der Waals surface area contributed by atoms with Crippen molar-refractivity contribution in [3.63, 3.8) is 0 Å². The highest BCUT2D eigenvalue weighted by Gasteiger charge is 2.67. The molecule has 5 saturated carbocycles. The molecule has 5 aliphatic rings. The zero-order valence-electron chi connectivity index (χ0n) is 18.3. The molecule has 0 saturated heterocycles. The molecule has 5 fully saturated rings. The van der Waals surface area contributed by atoms with Gasteiger partial charge >= 0.3 is 0 Å². The molecule has 164 valence electrons. The monoisotopic (exact) mass is 444 g/mol. The molecule has 2 nitrogen and oxygen atoms in total. The summed E-state index contributed by atoms with van der Waals surface area (Å²) < 4.78 is 0. The molecule has 0 aromatic heterocycles. The third-order valence-electron chi connectivity index (χ3n) is 9.51. The summed E-state index contributed by atoms with van der Waals surface area (Å²) in [5.74, 6) is 1.84. The third-order valence-corrected chi connectivity index (χ3v) is 10.9. The lowest BCUT2D eigenvalue weighted by atomic mass is 9.39. The second-order valence-electron chi connectivity index (χ2n) is 11.0. The average Bonchev–Trinajstić information content (AvgIpc) is 2.78. The maximum Gasteiger partial charge on any atom is 0.0818 e. The van der Waals surface area contributed by atoms with E-state index in [0.29, 0.717) is 23.8 Å². The Morgan fingerprint density at radius 3 is 2.27 bits per heavy atom. The van der Waals surface area contributed by atoms with Gasteiger partial charge in [0.2, 0.25) is 0 Å². The SMILES string of the molecule is CCC1(Cl)C2CC3(C(=S)N[C@H]4CC[C@H](CN)CC4)CC1CC(c1ccccc1)(C2)C3. The summed E-state index contributed by atoms with van der Waals surface area (Å²) in [6.07, 6.45) is 12.0. The topological polar surface area (TPSA) is 38.0 Å². The number of benzene rings is 1. The molecule has 0 radical (unpaired) electrons. The number of hydrogen-bond donors (Lipinski definition) is 2. The Bertz CT molecular complexity index is 769. The molecule has 5 aliphatic carbocycles. The number of halogens is 1. The largest absolute Gasteiger partial charge is 0.376 e.